The summed E-state index contributed by atoms with van der Waals surface area (Å²) in [4.78, 5) is 15.0. The molecular formula is C37H38O11. The van der Waals surface area contributed by atoms with Crippen LogP contribution in [0.1, 0.15) is 22.3 Å². The summed E-state index contributed by atoms with van der Waals surface area (Å²) in [6, 6.07) is 15.9. The van der Waals surface area contributed by atoms with Crippen molar-refractivity contribution in [2.45, 2.75) is 12.8 Å². The molecule has 0 bridgehead atoms. The Labute approximate surface area is 278 Å². The van der Waals surface area contributed by atoms with Crippen LogP contribution in [0.3, 0.4) is 0 Å². The van der Waals surface area contributed by atoms with Crippen molar-refractivity contribution in [3.63, 3.8) is 0 Å². The van der Waals surface area contributed by atoms with E-state index in [9.17, 15) is 20.4 Å². The van der Waals surface area contributed by atoms with Gasteiger partial charge in [-0.2, -0.15) is 0 Å². The molecule has 11 heteroatoms. The van der Waals surface area contributed by atoms with Gasteiger partial charge in [-0.05, 0) is 48.2 Å². The van der Waals surface area contributed by atoms with Crippen molar-refractivity contribution < 1.29 is 53.6 Å². The Morgan fingerprint density at radius 1 is 0.521 bits per heavy atom. The van der Waals surface area contributed by atoms with Gasteiger partial charge in [-0.15, -0.1) is 0 Å². The Hall–Kier alpha value is -5.97. The molecule has 0 aromatic heterocycles. The van der Waals surface area contributed by atoms with E-state index in [1.165, 1.54) is 79.1 Å². The number of aromatic hydroxyl groups is 4. The summed E-state index contributed by atoms with van der Waals surface area (Å²) in [5.74, 6) is -0.812. The predicted molar refractivity (Wildman–Crippen MR) is 180 cm³/mol. The van der Waals surface area contributed by atoms with Crippen molar-refractivity contribution in [1.29, 1.82) is 0 Å². The number of allylic oxidation sites excluding steroid dienone is 4. The number of phenolic OH excluding ortho intramolecular Hbond substituents is 4. The van der Waals surface area contributed by atoms with Gasteiger partial charge in [-0.25, -0.2) is 0 Å². The summed E-state index contributed by atoms with van der Waals surface area (Å²) in [5, 5.41) is 42.8. The van der Waals surface area contributed by atoms with Crippen molar-refractivity contribution in [1.82, 2.24) is 0 Å². The first-order valence-corrected chi connectivity index (χ1v) is 14.7. The Morgan fingerprint density at radius 3 is 1.15 bits per heavy atom. The number of ketones is 1. The maximum Gasteiger partial charge on any atom is 0.203 e. The molecule has 0 spiro atoms. The summed E-state index contributed by atoms with van der Waals surface area (Å²) in [7, 11) is 8.28. The Kier molecular flexibility index (Phi) is 11.3. The highest BCUT2D eigenvalue weighted by Gasteiger charge is 2.32. The molecule has 0 aliphatic carbocycles. The third-order valence-corrected chi connectivity index (χ3v) is 7.64. The Morgan fingerprint density at radius 2 is 0.854 bits per heavy atom. The van der Waals surface area contributed by atoms with Gasteiger partial charge in [0, 0.05) is 23.3 Å². The molecule has 0 aliphatic rings. The monoisotopic (exact) mass is 658 g/mol. The van der Waals surface area contributed by atoms with Gasteiger partial charge in [-0.1, -0.05) is 36.4 Å². The van der Waals surface area contributed by atoms with Crippen LogP contribution in [0.4, 0.5) is 0 Å². The van der Waals surface area contributed by atoms with E-state index in [0.717, 1.165) is 11.1 Å². The lowest BCUT2D eigenvalue weighted by Crippen LogP contribution is -2.10. The lowest BCUT2D eigenvalue weighted by Gasteiger charge is -2.21. The second-order valence-corrected chi connectivity index (χ2v) is 10.4. The average molecular weight is 659 g/mol. The van der Waals surface area contributed by atoms with Crippen molar-refractivity contribution in [2.75, 3.05) is 42.7 Å². The van der Waals surface area contributed by atoms with Crippen molar-refractivity contribution >= 4 is 16.9 Å². The third-order valence-electron chi connectivity index (χ3n) is 7.64. The molecule has 4 aromatic rings. The molecule has 0 fully saturated rings. The molecule has 0 atom stereocenters. The van der Waals surface area contributed by atoms with Gasteiger partial charge < -0.3 is 48.8 Å². The summed E-state index contributed by atoms with van der Waals surface area (Å²) < 4.78 is 33.0. The van der Waals surface area contributed by atoms with E-state index < -0.39 is 17.3 Å². The number of hydrogen-bond donors (Lipinski definition) is 4. The number of ether oxygens (including phenoxy) is 6. The van der Waals surface area contributed by atoms with E-state index in [0.29, 0.717) is 0 Å². The van der Waals surface area contributed by atoms with Gasteiger partial charge in [0.15, 0.2) is 28.8 Å². The molecule has 0 radical (unpaired) electrons. The molecule has 48 heavy (non-hydrogen) atoms. The number of carbonyl (C=O) groups excluding carboxylic acids is 1. The van der Waals surface area contributed by atoms with Crippen LogP contribution in [0.5, 0.6) is 57.5 Å². The fourth-order valence-corrected chi connectivity index (χ4v) is 5.21. The van der Waals surface area contributed by atoms with Crippen LogP contribution in [0.15, 0.2) is 72.8 Å². The molecular weight excluding hydrogens is 620 g/mol. The minimum atomic E-state index is -0.630. The SMILES string of the molecule is COc1cc(OC)c(/C(=C\Cc2ccc(O)cc2)C(=O)/C(=C/Cc2ccc(O)cc2)c2c(OC)cc(OC)c(OC)c2O)c(O)c1OC. The number of rotatable bonds is 14. The van der Waals surface area contributed by atoms with E-state index in [2.05, 4.69) is 0 Å². The average Bonchev–Trinajstić information content (AvgIpc) is 3.10. The summed E-state index contributed by atoms with van der Waals surface area (Å²) in [5.41, 5.74) is 1.50. The summed E-state index contributed by atoms with van der Waals surface area (Å²) in [6.07, 6.45) is 3.60. The molecule has 0 unspecified atom stereocenters. The molecule has 0 saturated heterocycles. The van der Waals surface area contributed by atoms with E-state index in [1.54, 1.807) is 36.4 Å². The highest BCUT2D eigenvalue weighted by Crippen LogP contribution is 2.51. The first kappa shape index (κ1) is 34.9. The van der Waals surface area contributed by atoms with E-state index in [4.69, 9.17) is 28.4 Å². The summed E-state index contributed by atoms with van der Waals surface area (Å²) in [6.45, 7) is 0. The second-order valence-electron chi connectivity index (χ2n) is 10.4. The zero-order valence-electron chi connectivity index (χ0n) is 27.5. The Balaban J connectivity index is 2.06. The lowest BCUT2D eigenvalue weighted by molar-refractivity contribution is -0.108. The van der Waals surface area contributed by atoms with Crippen LogP contribution >= 0.6 is 0 Å². The molecule has 11 nitrogen and oxygen atoms in total. The van der Waals surface area contributed by atoms with Gasteiger partial charge in [0.25, 0.3) is 0 Å². The number of Topliss-reactive ketones (excluding diaryl/α,β-unsaturated/α-hetero) is 1. The fraction of sp³-hybridized carbons (Fsp3) is 0.216. The molecule has 0 heterocycles. The van der Waals surface area contributed by atoms with Gasteiger partial charge in [0.1, 0.15) is 23.0 Å². The standard InChI is InChI=1S/C37H38O11/c1-43-27-19-29(45-3)36(47-5)34(41)31(27)25(17-11-21-7-13-23(38)14-8-21)33(40)26(18-12-22-9-15-24(39)16-10-22)32-28(44-2)20-30(46-4)37(48-6)35(32)42/h7-10,13-20,38-39,41-42H,11-12H2,1-6H3/b25-17+,26-18+. The third kappa shape index (κ3) is 7.20. The largest absolute Gasteiger partial charge is 0.508 e. The smallest absolute Gasteiger partial charge is 0.203 e. The van der Waals surface area contributed by atoms with Crippen LogP contribution in [0, 0.1) is 0 Å². The fourth-order valence-electron chi connectivity index (χ4n) is 5.21. The quantitative estimate of drug-likeness (QED) is 0.117. The minimum Gasteiger partial charge on any atom is -0.508 e. The van der Waals surface area contributed by atoms with Crippen molar-refractivity contribution in [3.8, 4) is 57.5 Å². The number of carbonyl (C=O) groups is 1. The molecule has 4 aromatic carbocycles. The highest BCUT2D eigenvalue weighted by atomic mass is 16.5. The predicted octanol–water partition coefficient (Wildman–Crippen LogP) is 6.08. The van der Waals surface area contributed by atoms with Gasteiger partial charge in [-0.3, -0.25) is 4.79 Å². The maximum atomic E-state index is 15.0. The van der Waals surface area contributed by atoms with Gasteiger partial charge >= 0.3 is 0 Å². The molecule has 252 valence electrons. The zero-order chi connectivity index (χ0) is 35.0. The van der Waals surface area contributed by atoms with E-state index in [-0.39, 0.29) is 81.1 Å². The Bertz CT molecular complexity index is 1690. The van der Waals surface area contributed by atoms with Crippen molar-refractivity contribution in [3.05, 3.63) is 95.1 Å². The number of hydrogen-bond acceptors (Lipinski definition) is 11. The van der Waals surface area contributed by atoms with Gasteiger partial charge in [0.2, 0.25) is 11.5 Å². The topological polar surface area (TPSA) is 153 Å². The number of methoxy groups -OCH3 is 6. The highest BCUT2D eigenvalue weighted by molar-refractivity contribution is 6.43. The number of benzene rings is 4. The van der Waals surface area contributed by atoms with Crippen LogP contribution in [0.25, 0.3) is 11.1 Å². The molecule has 0 aliphatic heterocycles. The first-order chi connectivity index (χ1) is 23.1. The molecule has 0 amide bonds. The van der Waals surface area contributed by atoms with Crippen molar-refractivity contribution in [2.24, 2.45) is 0 Å². The minimum absolute atomic E-state index is 0.00777. The summed E-state index contributed by atoms with van der Waals surface area (Å²) >= 11 is 0. The molecule has 4 N–H and O–H groups in total. The van der Waals surface area contributed by atoms with Gasteiger partial charge in [0.05, 0.1) is 53.8 Å². The molecule has 4 rings (SSSR count). The van der Waals surface area contributed by atoms with Crippen LogP contribution < -0.4 is 28.4 Å². The molecule has 0 saturated carbocycles. The van der Waals surface area contributed by atoms with Crippen LogP contribution in [0.2, 0.25) is 0 Å². The van der Waals surface area contributed by atoms with E-state index in [1.807, 2.05) is 0 Å². The lowest BCUT2D eigenvalue weighted by atomic mass is 9.88. The second kappa shape index (κ2) is 15.5. The van der Waals surface area contributed by atoms with Crippen LogP contribution in [-0.4, -0.2) is 68.9 Å². The number of phenols is 4. The van der Waals surface area contributed by atoms with Crippen LogP contribution in [-0.2, 0) is 17.6 Å². The first-order valence-electron chi connectivity index (χ1n) is 14.7. The van der Waals surface area contributed by atoms with E-state index >= 15 is 4.79 Å². The maximum absolute atomic E-state index is 15.0. The zero-order valence-corrected chi connectivity index (χ0v) is 27.5. The normalized spacial score (nSPS) is 11.5.